The summed E-state index contributed by atoms with van der Waals surface area (Å²) in [5.74, 6) is -0.0705. The summed E-state index contributed by atoms with van der Waals surface area (Å²) >= 11 is 3.53. The van der Waals surface area contributed by atoms with Crippen LogP contribution in [0.3, 0.4) is 0 Å². The van der Waals surface area contributed by atoms with Crippen LogP contribution in [0.5, 0.6) is 0 Å². The first-order chi connectivity index (χ1) is 10.7. The molecule has 4 heteroatoms. The van der Waals surface area contributed by atoms with Crippen molar-refractivity contribution in [3.63, 3.8) is 0 Å². The lowest BCUT2D eigenvalue weighted by atomic mass is 10.1. The Labute approximate surface area is 139 Å². The van der Waals surface area contributed by atoms with E-state index in [1.807, 2.05) is 12.1 Å². The van der Waals surface area contributed by atoms with Crippen molar-refractivity contribution in [1.82, 2.24) is 0 Å². The van der Waals surface area contributed by atoms with E-state index >= 15 is 0 Å². The molecule has 116 valence electrons. The van der Waals surface area contributed by atoms with Gasteiger partial charge in [-0.15, -0.1) is 0 Å². The molecule has 3 rings (SSSR count). The summed E-state index contributed by atoms with van der Waals surface area (Å²) in [7, 11) is 0. The van der Waals surface area contributed by atoms with E-state index in [1.54, 1.807) is 17.0 Å². The monoisotopic (exact) mass is 364 g/mol. The van der Waals surface area contributed by atoms with Crippen molar-refractivity contribution in [2.75, 3.05) is 26.2 Å². The highest BCUT2D eigenvalue weighted by Gasteiger charge is 2.23. The predicted octanol–water partition coefficient (Wildman–Crippen LogP) is 1.07. The summed E-state index contributed by atoms with van der Waals surface area (Å²) in [6.45, 7) is 6.39. The normalized spacial score (nSPS) is 21.7. The van der Waals surface area contributed by atoms with E-state index in [1.165, 1.54) is 10.5 Å². The number of hydrogen-bond donors (Lipinski definition) is 2. The standard InChI is InChI=1S/C18H20BrFN2/c19-17-6-3-4-15(12-17)13-21-8-10-22(11-9-21)14-16-5-1-2-7-18(16)20/h1-7,12H,8-11,13-14H2/p+2. The van der Waals surface area contributed by atoms with E-state index < -0.39 is 0 Å². The van der Waals surface area contributed by atoms with Crippen LogP contribution in [0.25, 0.3) is 0 Å². The topological polar surface area (TPSA) is 8.88 Å². The van der Waals surface area contributed by atoms with Crippen molar-refractivity contribution < 1.29 is 14.2 Å². The SMILES string of the molecule is Fc1ccccc1C[NH+]1CC[NH+](Cc2cccc(Br)c2)CC1. The van der Waals surface area contributed by atoms with Crippen LogP contribution < -0.4 is 9.80 Å². The Bertz CT molecular complexity index is 624. The van der Waals surface area contributed by atoms with Gasteiger partial charge in [-0.2, -0.15) is 0 Å². The summed E-state index contributed by atoms with van der Waals surface area (Å²) in [5.41, 5.74) is 2.22. The molecule has 0 radical (unpaired) electrons. The van der Waals surface area contributed by atoms with Crippen LogP contribution in [0, 0.1) is 5.82 Å². The fraction of sp³-hybridized carbons (Fsp3) is 0.333. The lowest BCUT2D eigenvalue weighted by Gasteiger charge is -2.29. The number of nitrogens with one attached hydrogen (secondary N) is 2. The molecule has 1 aliphatic rings. The Balaban J connectivity index is 1.51. The Hall–Kier alpha value is -1.23. The zero-order chi connectivity index (χ0) is 15.4. The van der Waals surface area contributed by atoms with Crippen molar-refractivity contribution in [2.45, 2.75) is 13.1 Å². The molecular formula is C18H22BrFN2+2. The number of halogens is 2. The zero-order valence-corrected chi connectivity index (χ0v) is 14.2. The summed E-state index contributed by atoms with van der Waals surface area (Å²) < 4.78 is 14.9. The summed E-state index contributed by atoms with van der Waals surface area (Å²) in [6.07, 6.45) is 0. The Morgan fingerprint density at radius 2 is 1.55 bits per heavy atom. The Morgan fingerprint density at radius 3 is 2.23 bits per heavy atom. The van der Waals surface area contributed by atoms with Crippen molar-refractivity contribution in [3.05, 3.63) is 69.9 Å². The van der Waals surface area contributed by atoms with Gasteiger partial charge in [-0.3, -0.25) is 0 Å². The largest absolute Gasteiger partial charge is 0.322 e. The maximum atomic E-state index is 13.7. The molecule has 1 aliphatic heterocycles. The van der Waals surface area contributed by atoms with E-state index in [2.05, 4.69) is 40.2 Å². The van der Waals surface area contributed by atoms with Crippen molar-refractivity contribution in [1.29, 1.82) is 0 Å². The molecule has 2 N–H and O–H groups in total. The van der Waals surface area contributed by atoms with Gasteiger partial charge < -0.3 is 9.80 Å². The first kappa shape index (κ1) is 15.7. The van der Waals surface area contributed by atoms with Gasteiger partial charge >= 0.3 is 0 Å². The molecule has 1 saturated heterocycles. The molecule has 0 saturated carbocycles. The van der Waals surface area contributed by atoms with Crippen molar-refractivity contribution in [2.24, 2.45) is 0 Å². The molecule has 0 spiro atoms. The third-order valence-electron chi connectivity index (χ3n) is 4.41. The molecule has 22 heavy (non-hydrogen) atoms. The minimum Gasteiger partial charge on any atom is -0.322 e. The quantitative estimate of drug-likeness (QED) is 0.802. The maximum Gasteiger partial charge on any atom is 0.132 e. The number of benzene rings is 2. The van der Waals surface area contributed by atoms with Gasteiger partial charge in [0.2, 0.25) is 0 Å². The van der Waals surface area contributed by atoms with E-state index in [9.17, 15) is 4.39 Å². The van der Waals surface area contributed by atoms with Gasteiger partial charge in [-0.05, 0) is 18.2 Å². The molecule has 1 heterocycles. The van der Waals surface area contributed by atoms with E-state index in [0.717, 1.165) is 49.3 Å². The lowest BCUT2D eigenvalue weighted by Crippen LogP contribution is -3.27. The molecule has 0 unspecified atom stereocenters. The van der Waals surface area contributed by atoms with Crippen LogP contribution in [-0.4, -0.2) is 26.2 Å². The molecule has 0 atom stereocenters. The molecule has 0 aliphatic carbocycles. The molecule has 0 amide bonds. The zero-order valence-electron chi connectivity index (χ0n) is 12.6. The molecule has 0 bridgehead atoms. The number of rotatable bonds is 4. The molecular weight excluding hydrogens is 343 g/mol. The predicted molar refractivity (Wildman–Crippen MR) is 89.3 cm³/mol. The third-order valence-corrected chi connectivity index (χ3v) is 4.90. The average molecular weight is 365 g/mol. The van der Waals surface area contributed by atoms with Gasteiger partial charge in [0.15, 0.2) is 0 Å². The van der Waals surface area contributed by atoms with Crippen molar-refractivity contribution >= 4 is 15.9 Å². The van der Waals surface area contributed by atoms with Gasteiger partial charge in [0.25, 0.3) is 0 Å². The van der Waals surface area contributed by atoms with E-state index in [4.69, 9.17) is 0 Å². The van der Waals surface area contributed by atoms with Crippen LogP contribution in [0.1, 0.15) is 11.1 Å². The molecule has 1 fully saturated rings. The second-order valence-corrected chi connectivity index (χ2v) is 6.99. The first-order valence-corrected chi connectivity index (χ1v) is 8.65. The minimum absolute atomic E-state index is 0.0705. The fourth-order valence-electron chi connectivity index (χ4n) is 3.16. The van der Waals surface area contributed by atoms with Gasteiger partial charge in [-0.25, -0.2) is 4.39 Å². The van der Waals surface area contributed by atoms with Gasteiger partial charge in [0, 0.05) is 15.6 Å². The fourth-order valence-corrected chi connectivity index (χ4v) is 3.60. The van der Waals surface area contributed by atoms with Gasteiger partial charge in [-0.1, -0.05) is 46.3 Å². The number of quaternary nitrogens is 2. The first-order valence-electron chi connectivity index (χ1n) is 7.86. The van der Waals surface area contributed by atoms with E-state index in [-0.39, 0.29) is 5.82 Å². The number of piperazine rings is 1. The third kappa shape index (κ3) is 4.15. The highest BCUT2D eigenvalue weighted by atomic mass is 79.9. The smallest absolute Gasteiger partial charge is 0.132 e. The second-order valence-electron chi connectivity index (χ2n) is 6.07. The Morgan fingerprint density at radius 1 is 0.864 bits per heavy atom. The minimum atomic E-state index is -0.0705. The lowest BCUT2D eigenvalue weighted by molar-refractivity contribution is -1.02. The van der Waals surface area contributed by atoms with Crippen LogP contribution >= 0.6 is 15.9 Å². The average Bonchev–Trinajstić information content (AvgIpc) is 2.52. The highest BCUT2D eigenvalue weighted by Crippen LogP contribution is 2.10. The molecule has 2 nitrogen and oxygen atoms in total. The van der Waals surface area contributed by atoms with Crippen LogP contribution in [0.2, 0.25) is 0 Å². The number of hydrogen-bond acceptors (Lipinski definition) is 0. The van der Waals surface area contributed by atoms with Crippen molar-refractivity contribution in [3.8, 4) is 0 Å². The van der Waals surface area contributed by atoms with Crippen LogP contribution in [-0.2, 0) is 13.1 Å². The molecule has 0 aromatic heterocycles. The summed E-state index contributed by atoms with van der Waals surface area (Å²) in [5, 5.41) is 0. The molecule has 2 aromatic carbocycles. The van der Waals surface area contributed by atoms with Crippen LogP contribution in [0.15, 0.2) is 53.0 Å². The second kappa shape index (κ2) is 7.36. The molecule has 2 aromatic rings. The maximum absolute atomic E-state index is 13.7. The van der Waals surface area contributed by atoms with Gasteiger partial charge in [0.1, 0.15) is 45.1 Å². The highest BCUT2D eigenvalue weighted by molar-refractivity contribution is 9.10. The Kier molecular flexibility index (Phi) is 5.24. The van der Waals surface area contributed by atoms with Gasteiger partial charge in [0.05, 0.1) is 0 Å². The van der Waals surface area contributed by atoms with E-state index in [0.29, 0.717) is 0 Å². The van der Waals surface area contributed by atoms with Crippen LogP contribution in [0.4, 0.5) is 4.39 Å². The summed E-state index contributed by atoms with van der Waals surface area (Å²) in [6, 6.07) is 15.7. The summed E-state index contributed by atoms with van der Waals surface area (Å²) in [4.78, 5) is 3.11.